The van der Waals surface area contributed by atoms with Crippen molar-refractivity contribution in [1.82, 2.24) is 19.7 Å². The average molecular weight is 340 g/mol. The average Bonchev–Trinajstić information content (AvgIpc) is 2.98. The van der Waals surface area contributed by atoms with Gasteiger partial charge in [-0.05, 0) is 43.3 Å². The number of nitrogens with zero attached hydrogens (tertiary/aromatic N) is 4. The molecule has 3 N–H and O–H groups in total. The summed E-state index contributed by atoms with van der Waals surface area (Å²) in [4.78, 5) is 31.3. The van der Waals surface area contributed by atoms with Crippen LogP contribution in [-0.4, -0.2) is 31.6 Å². The van der Waals surface area contributed by atoms with Crippen LogP contribution in [0.3, 0.4) is 0 Å². The number of amides is 2. The smallest absolute Gasteiger partial charge is 0.295 e. The zero-order valence-corrected chi connectivity index (χ0v) is 13.1. The minimum absolute atomic E-state index is 0.0266. The van der Waals surface area contributed by atoms with Crippen molar-refractivity contribution in [3.63, 3.8) is 0 Å². The van der Waals surface area contributed by atoms with E-state index in [1.807, 2.05) is 0 Å². The Balaban J connectivity index is 1.84. The Kier molecular flexibility index (Phi) is 4.21. The molecule has 3 rings (SSSR count). The third kappa shape index (κ3) is 3.50. The maximum atomic E-state index is 13.0. The molecular formula is C16H13FN6O2. The van der Waals surface area contributed by atoms with Gasteiger partial charge in [0, 0.05) is 11.9 Å². The quantitative estimate of drug-likeness (QED) is 0.746. The van der Waals surface area contributed by atoms with Crippen LogP contribution in [0.4, 0.5) is 10.1 Å². The molecule has 3 aromatic rings. The summed E-state index contributed by atoms with van der Waals surface area (Å²) in [7, 11) is 0. The first kappa shape index (κ1) is 16.2. The van der Waals surface area contributed by atoms with E-state index >= 15 is 0 Å². The number of carbonyl (C=O) groups excluding carboxylic acids is 2. The highest BCUT2D eigenvalue weighted by Crippen LogP contribution is 2.12. The molecule has 126 valence electrons. The number of anilines is 1. The third-order valence-electron chi connectivity index (χ3n) is 3.31. The van der Waals surface area contributed by atoms with Crippen molar-refractivity contribution < 1.29 is 14.0 Å². The number of hydrogen-bond donors (Lipinski definition) is 2. The van der Waals surface area contributed by atoms with Crippen molar-refractivity contribution in [2.45, 2.75) is 6.92 Å². The van der Waals surface area contributed by atoms with E-state index in [1.54, 1.807) is 6.92 Å². The number of hydrogen-bond acceptors (Lipinski definition) is 5. The number of aromatic nitrogens is 4. The first-order valence-corrected chi connectivity index (χ1v) is 7.21. The molecule has 0 atom stereocenters. The lowest BCUT2D eigenvalue weighted by Gasteiger charge is -2.03. The van der Waals surface area contributed by atoms with Gasteiger partial charge in [-0.2, -0.15) is 0 Å². The van der Waals surface area contributed by atoms with E-state index in [4.69, 9.17) is 5.73 Å². The number of carbonyl (C=O) groups is 2. The van der Waals surface area contributed by atoms with E-state index in [0.29, 0.717) is 17.2 Å². The van der Waals surface area contributed by atoms with Crippen molar-refractivity contribution in [1.29, 1.82) is 0 Å². The zero-order valence-electron chi connectivity index (χ0n) is 13.1. The standard InChI is InChI=1S/C16H13FN6O2/c1-9-20-15(22-23(9)12-4-2-10(17)3-5-12)16(25)21-11-6-7-19-13(8-11)14(18)24/h2-8H,1H3,(H2,18,24)(H,19,21,25). The highest BCUT2D eigenvalue weighted by atomic mass is 19.1. The molecule has 0 aliphatic carbocycles. The van der Waals surface area contributed by atoms with Crippen LogP contribution in [0.2, 0.25) is 0 Å². The second kappa shape index (κ2) is 6.48. The molecule has 1 aromatic carbocycles. The summed E-state index contributed by atoms with van der Waals surface area (Å²) in [5.74, 6) is -1.25. The fourth-order valence-electron chi connectivity index (χ4n) is 2.14. The summed E-state index contributed by atoms with van der Waals surface area (Å²) >= 11 is 0. The van der Waals surface area contributed by atoms with Crippen LogP contribution in [0.15, 0.2) is 42.6 Å². The van der Waals surface area contributed by atoms with E-state index in [9.17, 15) is 14.0 Å². The van der Waals surface area contributed by atoms with Gasteiger partial charge in [0.25, 0.3) is 11.8 Å². The van der Waals surface area contributed by atoms with Gasteiger partial charge in [0.05, 0.1) is 5.69 Å². The maximum Gasteiger partial charge on any atom is 0.295 e. The summed E-state index contributed by atoms with van der Waals surface area (Å²) in [6.07, 6.45) is 1.35. The van der Waals surface area contributed by atoms with Gasteiger partial charge in [0.2, 0.25) is 5.82 Å². The Bertz CT molecular complexity index is 952. The molecule has 0 spiro atoms. The van der Waals surface area contributed by atoms with E-state index in [-0.39, 0.29) is 17.3 Å². The van der Waals surface area contributed by atoms with E-state index in [0.717, 1.165) is 0 Å². The molecule has 2 aromatic heterocycles. The van der Waals surface area contributed by atoms with Gasteiger partial charge in [0.1, 0.15) is 17.3 Å². The Morgan fingerprint density at radius 3 is 2.60 bits per heavy atom. The number of pyridine rings is 1. The molecule has 0 aliphatic rings. The Labute approximate surface area is 141 Å². The molecule has 0 saturated heterocycles. The van der Waals surface area contributed by atoms with Crippen LogP contribution in [0, 0.1) is 12.7 Å². The Hall–Kier alpha value is -3.62. The van der Waals surface area contributed by atoms with Crippen molar-refractivity contribution >= 4 is 17.5 Å². The van der Waals surface area contributed by atoms with Gasteiger partial charge >= 0.3 is 0 Å². The van der Waals surface area contributed by atoms with E-state index < -0.39 is 11.8 Å². The maximum absolute atomic E-state index is 13.0. The number of aryl methyl sites for hydroxylation is 1. The van der Waals surface area contributed by atoms with Crippen molar-refractivity contribution in [2.24, 2.45) is 5.73 Å². The number of primary amides is 1. The predicted molar refractivity (Wildman–Crippen MR) is 86.8 cm³/mol. The van der Waals surface area contributed by atoms with Crippen LogP contribution >= 0.6 is 0 Å². The van der Waals surface area contributed by atoms with Crippen LogP contribution < -0.4 is 11.1 Å². The van der Waals surface area contributed by atoms with Crippen LogP contribution in [0.25, 0.3) is 5.69 Å². The van der Waals surface area contributed by atoms with Gasteiger partial charge in [-0.1, -0.05) is 0 Å². The first-order valence-electron chi connectivity index (χ1n) is 7.21. The molecule has 2 amide bonds. The van der Waals surface area contributed by atoms with Gasteiger partial charge in [-0.15, -0.1) is 5.10 Å². The summed E-state index contributed by atoms with van der Waals surface area (Å²) in [5.41, 5.74) is 6.09. The monoisotopic (exact) mass is 340 g/mol. The van der Waals surface area contributed by atoms with Crippen molar-refractivity contribution in [3.05, 3.63) is 65.8 Å². The van der Waals surface area contributed by atoms with Gasteiger partial charge < -0.3 is 11.1 Å². The first-order chi connectivity index (χ1) is 11.9. The van der Waals surface area contributed by atoms with Crippen LogP contribution in [-0.2, 0) is 0 Å². The number of rotatable bonds is 4. The second-order valence-electron chi connectivity index (χ2n) is 5.12. The molecule has 0 saturated carbocycles. The molecule has 25 heavy (non-hydrogen) atoms. The summed E-state index contributed by atoms with van der Waals surface area (Å²) in [5, 5.41) is 6.70. The van der Waals surface area contributed by atoms with Gasteiger partial charge in [-0.3, -0.25) is 14.6 Å². The zero-order chi connectivity index (χ0) is 18.0. The fourth-order valence-corrected chi connectivity index (χ4v) is 2.14. The molecule has 0 aliphatic heterocycles. The van der Waals surface area contributed by atoms with Gasteiger partial charge in [0.15, 0.2) is 0 Å². The molecule has 0 fully saturated rings. The topological polar surface area (TPSA) is 116 Å². The molecule has 0 radical (unpaired) electrons. The lowest BCUT2D eigenvalue weighted by atomic mass is 10.3. The number of nitrogens with one attached hydrogen (secondary N) is 1. The fraction of sp³-hybridized carbons (Fsp3) is 0.0625. The minimum atomic E-state index is -0.703. The number of nitrogens with two attached hydrogens (primary N) is 1. The van der Waals surface area contributed by atoms with Crippen LogP contribution in [0.5, 0.6) is 0 Å². The van der Waals surface area contributed by atoms with E-state index in [1.165, 1.54) is 47.3 Å². The predicted octanol–water partition coefficient (Wildman–Crippen LogP) is 1.46. The van der Waals surface area contributed by atoms with Crippen LogP contribution in [0.1, 0.15) is 26.9 Å². The van der Waals surface area contributed by atoms with Crippen molar-refractivity contribution in [2.75, 3.05) is 5.32 Å². The van der Waals surface area contributed by atoms with Gasteiger partial charge in [-0.25, -0.2) is 14.1 Å². The molecule has 0 bridgehead atoms. The van der Waals surface area contributed by atoms with Crippen molar-refractivity contribution in [3.8, 4) is 5.69 Å². The molecule has 8 nitrogen and oxygen atoms in total. The largest absolute Gasteiger partial charge is 0.364 e. The minimum Gasteiger partial charge on any atom is -0.364 e. The molecular weight excluding hydrogens is 327 g/mol. The molecule has 9 heteroatoms. The SMILES string of the molecule is Cc1nc(C(=O)Nc2ccnc(C(N)=O)c2)nn1-c1ccc(F)cc1. The third-order valence-corrected chi connectivity index (χ3v) is 3.31. The Morgan fingerprint density at radius 1 is 1.20 bits per heavy atom. The number of halogens is 1. The lowest BCUT2D eigenvalue weighted by Crippen LogP contribution is -2.16. The number of benzene rings is 1. The normalized spacial score (nSPS) is 10.5. The molecule has 2 heterocycles. The second-order valence-corrected chi connectivity index (χ2v) is 5.12. The highest BCUT2D eigenvalue weighted by molar-refractivity contribution is 6.02. The highest BCUT2D eigenvalue weighted by Gasteiger charge is 2.16. The summed E-state index contributed by atoms with van der Waals surface area (Å²) < 4.78 is 14.4. The lowest BCUT2D eigenvalue weighted by molar-refractivity contribution is 0.0990. The molecule has 0 unspecified atom stereocenters. The summed E-state index contributed by atoms with van der Waals surface area (Å²) in [6.45, 7) is 1.67. The summed E-state index contributed by atoms with van der Waals surface area (Å²) in [6, 6.07) is 8.50. The van der Waals surface area contributed by atoms with E-state index in [2.05, 4.69) is 20.4 Å². The Morgan fingerprint density at radius 2 is 1.92 bits per heavy atom.